The van der Waals surface area contributed by atoms with Gasteiger partial charge in [0, 0.05) is 6.07 Å². The number of rotatable bonds is 1. The van der Waals surface area contributed by atoms with E-state index in [2.05, 4.69) is 26.1 Å². The normalized spacial score (nSPS) is 10.7. The largest absolute Gasteiger partial charge is 0.506 e. The zero-order chi connectivity index (χ0) is 11.9. The van der Waals surface area contributed by atoms with Crippen LogP contribution in [0.2, 0.25) is 0 Å². The van der Waals surface area contributed by atoms with Crippen molar-refractivity contribution in [1.82, 2.24) is 10.2 Å². The number of halogens is 3. The number of nitrogens with one attached hydrogen (secondary N) is 1. The van der Waals surface area contributed by atoms with Crippen molar-refractivity contribution in [1.29, 1.82) is 0 Å². The summed E-state index contributed by atoms with van der Waals surface area (Å²) in [5, 5.41) is 15.6. The molecule has 16 heavy (non-hydrogen) atoms. The number of benzene rings is 1. The van der Waals surface area contributed by atoms with Crippen molar-refractivity contribution in [3.63, 3.8) is 0 Å². The first-order valence-electron chi connectivity index (χ1n) is 4.18. The van der Waals surface area contributed by atoms with Crippen LogP contribution in [0.15, 0.2) is 16.6 Å². The van der Waals surface area contributed by atoms with Gasteiger partial charge in [0.15, 0.2) is 11.6 Å². The van der Waals surface area contributed by atoms with Crippen LogP contribution in [-0.4, -0.2) is 15.3 Å². The van der Waals surface area contributed by atoms with Crippen molar-refractivity contribution >= 4 is 21.7 Å². The number of hydrogen-bond acceptors (Lipinski definition) is 3. The Hall–Kier alpha value is -1.63. The number of nitrogens with two attached hydrogens (primary N) is 1. The molecule has 4 nitrogen and oxygen atoms in total. The summed E-state index contributed by atoms with van der Waals surface area (Å²) in [4.78, 5) is 0. The number of phenolic OH excluding ortho intramolecular Hbond substituents is 1. The van der Waals surface area contributed by atoms with E-state index in [4.69, 9.17) is 5.73 Å². The Kier molecular flexibility index (Phi) is 2.55. The molecule has 0 spiro atoms. The highest BCUT2D eigenvalue weighted by molar-refractivity contribution is 9.10. The van der Waals surface area contributed by atoms with Crippen LogP contribution in [0.5, 0.6) is 5.75 Å². The average Bonchev–Trinajstić information content (AvgIpc) is 2.62. The third-order valence-corrected chi connectivity index (χ3v) is 2.62. The second-order valence-electron chi connectivity index (χ2n) is 3.08. The maximum absolute atomic E-state index is 13.5. The summed E-state index contributed by atoms with van der Waals surface area (Å²) in [5.41, 5.74) is 5.14. The van der Waals surface area contributed by atoms with Crippen LogP contribution in [-0.2, 0) is 0 Å². The van der Waals surface area contributed by atoms with Gasteiger partial charge < -0.3 is 10.8 Å². The van der Waals surface area contributed by atoms with Gasteiger partial charge in [0.2, 0.25) is 0 Å². The minimum atomic E-state index is -1.16. The van der Waals surface area contributed by atoms with Crippen molar-refractivity contribution in [2.75, 3.05) is 5.73 Å². The van der Waals surface area contributed by atoms with Gasteiger partial charge in [0.25, 0.3) is 0 Å². The lowest BCUT2D eigenvalue weighted by Gasteiger charge is -2.06. The summed E-state index contributed by atoms with van der Waals surface area (Å²) in [6.45, 7) is 0. The van der Waals surface area contributed by atoms with Gasteiger partial charge in [0.05, 0.1) is 15.7 Å². The fraction of sp³-hybridized carbons (Fsp3) is 0. The Morgan fingerprint density at radius 2 is 2.06 bits per heavy atom. The quantitative estimate of drug-likeness (QED) is 0.706. The molecule has 2 aromatic rings. The number of nitrogens with zero attached hydrogens (tertiary/aromatic N) is 1. The molecule has 1 aromatic heterocycles. The van der Waals surface area contributed by atoms with Gasteiger partial charge in [-0.25, -0.2) is 8.78 Å². The lowest BCUT2D eigenvalue weighted by molar-refractivity contribution is 0.454. The highest BCUT2D eigenvalue weighted by Gasteiger charge is 2.19. The first-order valence-corrected chi connectivity index (χ1v) is 4.97. The Balaban J connectivity index is 2.73. The molecule has 0 aliphatic heterocycles. The molecule has 1 heterocycles. The summed E-state index contributed by atoms with van der Waals surface area (Å²) in [6, 6.07) is 2.14. The number of aromatic amines is 1. The van der Waals surface area contributed by atoms with Crippen LogP contribution in [0.4, 0.5) is 14.6 Å². The molecule has 0 aliphatic rings. The minimum Gasteiger partial charge on any atom is -0.506 e. The molecule has 84 valence electrons. The fourth-order valence-corrected chi connectivity index (χ4v) is 1.70. The van der Waals surface area contributed by atoms with Crippen LogP contribution in [0.3, 0.4) is 0 Å². The maximum Gasteiger partial charge on any atom is 0.171 e. The molecule has 0 fully saturated rings. The molecule has 0 unspecified atom stereocenters. The van der Waals surface area contributed by atoms with E-state index in [1.54, 1.807) is 0 Å². The first kappa shape index (κ1) is 10.9. The minimum absolute atomic E-state index is 0.0505. The SMILES string of the molecule is Nc1cc(-c2c(O)c(Br)cc(F)c2F)[nH]n1. The van der Waals surface area contributed by atoms with Crippen molar-refractivity contribution in [2.24, 2.45) is 0 Å². The van der Waals surface area contributed by atoms with E-state index in [0.717, 1.165) is 6.07 Å². The van der Waals surface area contributed by atoms with E-state index in [1.807, 2.05) is 0 Å². The second kappa shape index (κ2) is 3.75. The Labute approximate surface area is 97.2 Å². The molecule has 0 radical (unpaired) electrons. The molecule has 7 heteroatoms. The van der Waals surface area contributed by atoms with Crippen LogP contribution in [0, 0.1) is 11.6 Å². The molecular formula is C9H6BrF2N3O. The number of aromatic nitrogens is 2. The van der Waals surface area contributed by atoms with E-state index in [-0.39, 0.29) is 21.5 Å². The maximum atomic E-state index is 13.5. The van der Waals surface area contributed by atoms with Crippen molar-refractivity contribution < 1.29 is 13.9 Å². The third kappa shape index (κ3) is 1.63. The molecule has 1 aromatic carbocycles. The molecule has 0 aliphatic carbocycles. The monoisotopic (exact) mass is 289 g/mol. The molecule has 0 saturated carbocycles. The van der Waals surface area contributed by atoms with Crippen molar-refractivity contribution in [3.8, 4) is 17.0 Å². The zero-order valence-electron chi connectivity index (χ0n) is 7.76. The van der Waals surface area contributed by atoms with Gasteiger partial charge in [-0.15, -0.1) is 0 Å². The molecule has 0 saturated heterocycles. The summed E-state index contributed by atoms with van der Waals surface area (Å²) in [7, 11) is 0. The van der Waals surface area contributed by atoms with Crippen LogP contribution in [0.25, 0.3) is 11.3 Å². The van der Waals surface area contributed by atoms with E-state index in [0.29, 0.717) is 0 Å². The van der Waals surface area contributed by atoms with E-state index >= 15 is 0 Å². The lowest BCUT2D eigenvalue weighted by Crippen LogP contribution is -1.92. The predicted molar refractivity (Wildman–Crippen MR) is 57.7 cm³/mol. The van der Waals surface area contributed by atoms with Crippen LogP contribution < -0.4 is 5.73 Å². The molecule has 0 amide bonds. The molecule has 0 bridgehead atoms. The van der Waals surface area contributed by atoms with E-state index < -0.39 is 17.4 Å². The summed E-state index contributed by atoms with van der Waals surface area (Å²) in [6.07, 6.45) is 0. The molecule has 2 rings (SSSR count). The third-order valence-electron chi connectivity index (χ3n) is 2.01. The van der Waals surface area contributed by atoms with Gasteiger partial charge in [0.1, 0.15) is 11.6 Å². The first-order chi connectivity index (χ1) is 7.50. The molecular weight excluding hydrogens is 284 g/mol. The number of anilines is 1. The number of nitrogen functional groups attached to an aromatic ring is 1. The van der Waals surface area contributed by atoms with Gasteiger partial charge in [-0.3, -0.25) is 5.10 Å². The van der Waals surface area contributed by atoms with Crippen LogP contribution in [0.1, 0.15) is 0 Å². The van der Waals surface area contributed by atoms with Crippen molar-refractivity contribution in [3.05, 3.63) is 28.2 Å². The molecule has 4 N–H and O–H groups in total. The van der Waals surface area contributed by atoms with Gasteiger partial charge in [-0.1, -0.05) is 0 Å². The van der Waals surface area contributed by atoms with Gasteiger partial charge >= 0.3 is 0 Å². The Bertz CT molecular complexity index is 530. The number of hydrogen-bond donors (Lipinski definition) is 3. The topological polar surface area (TPSA) is 74.9 Å². The summed E-state index contributed by atoms with van der Waals surface area (Å²) >= 11 is 2.91. The second-order valence-corrected chi connectivity index (χ2v) is 3.94. The van der Waals surface area contributed by atoms with Crippen molar-refractivity contribution in [2.45, 2.75) is 0 Å². The summed E-state index contributed by atoms with van der Waals surface area (Å²) in [5.74, 6) is -2.53. The number of H-pyrrole nitrogens is 1. The molecule has 0 atom stereocenters. The van der Waals surface area contributed by atoms with E-state index in [1.165, 1.54) is 6.07 Å². The van der Waals surface area contributed by atoms with Crippen LogP contribution >= 0.6 is 15.9 Å². The highest BCUT2D eigenvalue weighted by atomic mass is 79.9. The van der Waals surface area contributed by atoms with E-state index in [9.17, 15) is 13.9 Å². The van der Waals surface area contributed by atoms with Gasteiger partial charge in [-0.2, -0.15) is 5.10 Å². The average molecular weight is 290 g/mol. The van der Waals surface area contributed by atoms with Gasteiger partial charge in [-0.05, 0) is 22.0 Å². The summed E-state index contributed by atoms with van der Waals surface area (Å²) < 4.78 is 26.7. The number of aromatic hydroxyl groups is 1. The zero-order valence-corrected chi connectivity index (χ0v) is 9.35. The standard InChI is InChI=1S/C9H6BrF2N3O/c10-3-1-4(11)8(12)7(9(3)16)5-2-6(13)15-14-5/h1-2,16H,(H3,13,14,15). The lowest BCUT2D eigenvalue weighted by atomic mass is 10.1. The Morgan fingerprint density at radius 3 is 2.62 bits per heavy atom. The fourth-order valence-electron chi connectivity index (χ4n) is 1.30. The highest BCUT2D eigenvalue weighted by Crippen LogP contribution is 2.38. The Morgan fingerprint density at radius 1 is 1.38 bits per heavy atom. The number of phenols is 1. The smallest absolute Gasteiger partial charge is 0.171 e. The predicted octanol–water partition coefficient (Wildman–Crippen LogP) is 2.41.